The van der Waals surface area contributed by atoms with Crippen molar-refractivity contribution in [1.82, 2.24) is 15.1 Å². The molecule has 3 heterocycles. The number of hydrogen-bond donors (Lipinski definition) is 1. The van der Waals surface area contributed by atoms with Crippen LogP contribution in [-0.2, 0) is 38.8 Å². The monoisotopic (exact) mass is 466 g/mol. The molecule has 2 fully saturated rings. The molecule has 2 aromatic rings. The molecule has 5 rings (SSSR count). The fourth-order valence-corrected chi connectivity index (χ4v) is 4.24. The van der Waals surface area contributed by atoms with E-state index in [4.69, 9.17) is 13.6 Å². The molecule has 0 saturated carbocycles. The average Bonchev–Trinajstić information content (AvgIpc) is 3.21. The molecule has 3 aliphatic rings. The predicted molar refractivity (Wildman–Crippen MR) is 119 cm³/mol. The third-order valence-corrected chi connectivity index (χ3v) is 6.04. The van der Waals surface area contributed by atoms with Crippen LogP contribution in [0, 0.1) is 0 Å². The summed E-state index contributed by atoms with van der Waals surface area (Å²) in [5, 5.41) is 2.27. The first-order valence-corrected chi connectivity index (χ1v) is 11.0. The molecule has 0 aliphatic carbocycles. The Hall–Kier alpha value is -3.72. The van der Waals surface area contributed by atoms with E-state index in [9.17, 15) is 19.2 Å². The van der Waals surface area contributed by atoms with Gasteiger partial charge in [-0.1, -0.05) is 30.3 Å². The maximum absolute atomic E-state index is 13.0. The highest BCUT2D eigenvalue weighted by Crippen LogP contribution is 2.34. The van der Waals surface area contributed by atoms with Crippen LogP contribution in [0.2, 0.25) is 0 Å². The molecular weight excluding hydrogens is 438 g/mol. The van der Waals surface area contributed by atoms with Gasteiger partial charge in [0.15, 0.2) is 0 Å². The highest BCUT2D eigenvalue weighted by atomic mass is 16.5. The molecule has 34 heavy (non-hydrogen) atoms. The molecule has 2 saturated heterocycles. The molecule has 4 amide bonds. The van der Waals surface area contributed by atoms with Crippen molar-refractivity contribution in [3.05, 3.63) is 64.7 Å². The number of benzene rings is 2. The molecule has 0 spiro atoms. The summed E-state index contributed by atoms with van der Waals surface area (Å²) in [6.07, 6.45) is 0.388. The SMILES string of the molecule is [2H]c1cc(C([2H])N2CCOCC2=O)ccc1C([2H])Oc1cccc2c1CN(C1CCC(=O)NC1=O)C2=O. The molecule has 3 aliphatic heterocycles. The summed E-state index contributed by atoms with van der Waals surface area (Å²) >= 11 is 0. The Balaban J connectivity index is 1.32. The van der Waals surface area contributed by atoms with E-state index in [1.807, 2.05) is 0 Å². The third-order valence-electron chi connectivity index (χ3n) is 6.04. The summed E-state index contributed by atoms with van der Waals surface area (Å²) in [4.78, 5) is 51.7. The first-order chi connectivity index (χ1) is 17.7. The van der Waals surface area contributed by atoms with Gasteiger partial charge in [0.1, 0.15) is 25.0 Å². The Labute approximate surface area is 200 Å². The van der Waals surface area contributed by atoms with Gasteiger partial charge in [-0.25, -0.2) is 0 Å². The first kappa shape index (κ1) is 18.7. The fraction of sp³-hybridized carbons (Fsp3) is 0.360. The molecule has 176 valence electrons. The second-order valence-electron chi connectivity index (χ2n) is 8.26. The topological polar surface area (TPSA) is 105 Å². The number of carbonyl (C=O) groups excluding carboxylic acids is 4. The van der Waals surface area contributed by atoms with Crippen molar-refractivity contribution in [3.63, 3.8) is 0 Å². The zero-order chi connectivity index (χ0) is 26.3. The average molecular weight is 467 g/mol. The number of morpholine rings is 1. The minimum Gasteiger partial charge on any atom is -0.489 e. The van der Waals surface area contributed by atoms with Gasteiger partial charge >= 0.3 is 0 Å². The normalized spacial score (nSPS) is 23.5. The highest BCUT2D eigenvalue weighted by Gasteiger charge is 2.40. The number of hydrogen-bond acceptors (Lipinski definition) is 6. The Morgan fingerprint density at radius 2 is 2.00 bits per heavy atom. The van der Waals surface area contributed by atoms with Gasteiger partial charge < -0.3 is 19.3 Å². The number of imide groups is 1. The first-order valence-electron chi connectivity index (χ1n) is 12.7. The third kappa shape index (κ3) is 4.38. The molecule has 0 radical (unpaired) electrons. The van der Waals surface area contributed by atoms with Crippen molar-refractivity contribution in [2.45, 2.75) is 38.5 Å². The largest absolute Gasteiger partial charge is 0.489 e. The summed E-state index contributed by atoms with van der Waals surface area (Å²) in [7, 11) is 0. The zero-order valence-corrected chi connectivity index (χ0v) is 18.3. The number of carbonyl (C=O) groups is 4. The summed E-state index contributed by atoms with van der Waals surface area (Å²) in [6, 6.07) is 8.69. The van der Waals surface area contributed by atoms with E-state index < -0.39 is 25.1 Å². The molecule has 2 aromatic carbocycles. The van der Waals surface area contributed by atoms with Crippen LogP contribution in [0.15, 0.2) is 42.4 Å². The van der Waals surface area contributed by atoms with Crippen molar-refractivity contribution in [2.24, 2.45) is 0 Å². The van der Waals surface area contributed by atoms with Crippen LogP contribution in [0.1, 0.15) is 44.0 Å². The van der Waals surface area contributed by atoms with E-state index >= 15 is 0 Å². The van der Waals surface area contributed by atoms with Crippen LogP contribution in [0.4, 0.5) is 0 Å². The lowest BCUT2D eigenvalue weighted by Gasteiger charge is -2.29. The lowest BCUT2D eigenvalue weighted by atomic mass is 10.0. The van der Waals surface area contributed by atoms with Crippen LogP contribution in [0.25, 0.3) is 0 Å². The van der Waals surface area contributed by atoms with Crippen LogP contribution < -0.4 is 10.1 Å². The van der Waals surface area contributed by atoms with Crippen LogP contribution >= 0.6 is 0 Å². The van der Waals surface area contributed by atoms with Gasteiger partial charge in [0.2, 0.25) is 17.7 Å². The number of fused-ring (bicyclic) bond motifs is 1. The lowest BCUT2D eigenvalue weighted by Crippen LogP contribution is -2.52. The van der Waals surface area contributed by atoms with Gasteiger partial charge in [-0.05, 0) is 29.7 Å². The lowest BCUT2D eigenvalue weighted by molar-refractivity contribution is -0.143. The van der Waals surface area contributed by atoms with E-state index in [2.05, 4.69) is 5.32 Å². The number of rotatable bonds is 6. The number of nitrogens with one attached hydrogen (secondary N) is 1. The summed E-state index contributed by atoms with van der Waals surface area (Å²) in [6.45, 7) is -1.61. The molecule has 9 heteroatoms. The molecule has 0 bridgehead atoms. The molecule has 3 atom stereocenters. The molecule has 1 N–H and O–H groups in total. The number of piperidine rings is 1. The maximum Gasteiger partial charge on any atom is 0.255 e. The van der Waals surface area contributed by atoms with E-state index in [-0.39, 0.29) is 55.3 Å². The van der Waals surface area contributed by atoms with Crippen molar-refractivity contribution >= 4 is 23.6 Å². The number of nitrogens with zero attached hydrogens (tertiary/aromatic N) is 2. The Kier molecular flexibility index (Phi) is 5.09. The smallest absolute Gasteiger partial charge is 0.255 e. The number of ether oxygens (including phenoxy) is 2. The molecule has 0 aromatic heterocycles. The second kappa shape index (κ2) is 9.26. The summed E-state index contributed by atoms with van der Waals surface area (Å²) in [5.41, 5.74) is 1.60. The molecule has 9 nitrogen and oxygen atoms in total. The van der Waals surface area contributed by atoms with Gasteiger partial charge in [0, 0.05) is 30.6 Å². The Morgan fingerprint density at radius 1 is 1.15 bits per heavy atom. The van der Waals surface area contributed by atoms with Crippen molar-refractivity contribution in [1.29, 1.82) is 0 Å². The predicted octanol–water partition coefficient (Wildman–Crippen LogP) is 1.39. The second-order valence-corrected chi connectivity index (χ2v) is 8.26. The fourth-order valence-electron chi connectivity index (χ4n) is 4.24. The van der Waals surface area contributed by atoms with Gasteiger partial charge in [-0.2, -0.15) is 0 Å². The maximum atomic E-state index is 13.0. The molecular formula is C25H25N3O6. The zero-order valence-electron chi connectivity index (χ0n) is 21.3. The summed E-state index contributed by atoms with van der Waals surface area (Å²) < 4.78 is 36.4. The van der Waals surface area contributed by atoms with Crippen LogP contribution in [-0.4, -0.2) is 59.2 Å². The van der Waals surface area contributed by atoms with Crippen molar-refractivity contribution < 1.29 is 32.8 Å². The minimum absolute atomic E-state index is 0.00992. The van der Waals surface area contributed by atoms with E-state index in [1.54, 1.807) is 24.3 Å². The Morgan fingerprint density at radius 3 is 2.79 bits per heavy atom. The summed E-state index contributed by atoms with van der Waals surface area (Å²) in [5.74, 6) is -1.22. The Bertz CT molecular complexity index is 1290. The van der Waals surface area contributed by atoms with E-state index in [0.717, 1.165) is 0 Å². The van der Waals surface area contributed by atoms with Gasteiger partial charge in [0.25, 0.3) is 5.91 Å². The van der Waals surface area contributed by atoms with Gasteiger partial charge in [-0.3, -0.25) is 24.5 Å². The van der Waals surface area contributed by atoms with Crippen molar-refractivity contribution in [3.8, 4) is 5.75 Å². The van der Waals surface area contributed by atoms with Crippen LogP contribution in [0.5, 0.6) is 5.75 Å². The standard InChI is InChI=1S/C25H25N3O6/c29-22-9-8-20(24(31)26-22)28-13-19-18(25(28)32)2-1-3-21(19)34-14-17-6-4-16(5-7-17)12-27-10-11-33-15-23(27)30/h1-7,20H,8-15H2,(H,26,29,31)/i6D,12D,14D. The minimum atomic E-state index is -1.29. The highest BCUT2D eigenvalue weighted by molar-refractivity contribution is 6.05. The quantitative estimate of drug-likeness (QED) is 0.645. The van der Waals surface area contributed by atoms with Crippen LogP contribution in [0.3, 0.4) is 0 Å². The van der Waals surface area contributed by atoms with Gasteiger partial charge in [-0.15, -0.1) is 0 Å². The van der Waals surface area contributed by atoms with Crippen molar-refractivity contribution in [2.75, 3.05) is 19.8 Å². The van der Waals surface area contributed by atoms with E-state index in [0.29, 0.717) is 35.6 Å². The van der Waals surface area contributed by atoms with Gasteiger partial charge in [0.05, 0.1) is 17.3 Å². The van der Waals surface area contributed by atoms with E-state index in [1.165, 1.54) is 21.9 Å². The molecule has 3 unspecified atom stereocenters. The number of amides is 4.